The van der Waals surface area contributed by atoms with Crippen LogP contribution in [0.3, 0.4) is 0 Å². The van der Waals surface area contributed by atoms with Crippen LogP contribution in [0.5, 0.6) is 0 Å². The summed E-state index contributed by atoms with van der Waals surface area (Å²) in [7, 11) is 0. The maximum atomic E-state index is 13.7. The Kier molecular flexibility index (Phi) is 4.20. The van der Waals surface area contributed by atoms with Crippen molar-refractivity contribution in [2.24, 2.45) is 0 Å². The summed E-state index contributed by atoms with van der Waals surface area (Å²) in [5.74, 6) is -1.87. The highest BCUT2D eigenvalue weighted by Crippen LogP contribution is 2.30. The van der Waals surface area contributed by atoms with Gasteiger partial charge in [0.1, 0.15) is 10.8 Å². The highest BCUT2D eigenvalue weighted by molar-refractivity contribution is 6.34. The average Bonchev–Trinajstić information content (AvgIpc) is 2.40. The van der Waals surface area contributed by atoms with E-state index in [2.05, 4.69) is 4.98 Å². The van der Waals surface area contributed by atoms with E-state index in [9.17, 15) is 22.4 Å². The molecule has 0 saturated heterocycles. The molecule has 0 N–H and O–H groups in total. The van der Waals surface area contributed by atoms with Gasteiger partial charge in [0.15, 0.2) is 11.6 Å². The lowest BCUT2D eigenvalue weighted by atomic mass is 10.0. The van der Waals surface area contributed by atoms with Crippen molar-refractivity contribution >= 4 is 29.0 Å². The lowest BCUT2D eigenvalue weighted by molar-refractivity contribution is -0.141. The number of pyridine rings is 1. The zero-order valence-corrected chi connectivity index (χ0v) is 11.5. The molecular formula is C13H5Cl2F4NO. The van der Waals surface area contributed by atoms with Crippen molar-refractivity contribution in [3.63, 3.8) is 0 Å². The molecule has 8 heteroatoms. The first kappa shape index (κ1) is 15.7. The highest BCUT2D eigenvalue weighted by atomic mass is 35.5. The third-order valence-corrected chi connectivity index (χ3v) is 3.16. The van der Waals surface area contributed by atoms with Gasteiger partial charge < -0.3 is 0 Å². The third-order valence-electron chi connectivity index (χ3n) is 2.58. The van der Waals surface area contributed by atoms with E-state index in [0.717, 1.165) is 12.1 Å². The molecule has 110 valence electrons. The van der Waals surface area contributed by atoms with Gasteiger partial charge in [-0.2, -0.15) is 13.2 Å². The van der Waals surface area contributed by atoms with E-state index in [0.29, 0.717) is 6.07 Å². The van der Waals surface area contributed by atoms with Crippen LogP contribution in [-0.2, 0) is 6.18 Å². The highest BCUT2D eigenvalue weighted by Gasteiger charge is 2.33. The van der Waals surface area contributed by atoms with Gasteiger partial charge in [-0.05, 0) is 24.3 Å². The zero-order chi connectivity index (χ0) is 15.8. The molecule has 1 aromatic heterocycles. The summed E-state index contributed by atoms with van der Waals surface area (Å²) >= 11 is 11.1. The SMILES string of the molecule is O=C(c1ccc(C(F)(F)F)nc1Cl)c1cccc(Cl)c1F. The fourth-order valence-electron chi connectivity index (χ4n) is 1.59. The summed E-state index contributed by atoms with van der Waals surface area (Å²) in [5, 5.41) is -0.939. The van der Waals surface area contributed by atoms with Crippen molar-refractivity contribution in [3.05, 3.63) is 63.1 Å². The Morgan fingerprint density at radius 2 is 1.71 bits per heavy atom. The molecule has 1 aromatic carbocycles. The van der Waals surface area contributed by atoms with Gasteiger partial charge in [0.2, 0.25) is 0 Å². The normalized spacial score (nSPS) is 11.5. The molecule has 2 rings (SSSR count). The number of aromatic nitrogens is 1. The molecule has 0 fully saturated rings. The summed E-state index contributed by atoms with van der Waals surface area (Å²) in [6, 6.07) is 5.17. The Morgan fingerprint density at radius 3 is 2.29 bits per heavy atom. The smallest absolute Gasteiger partial charge is 0.288 e. The summed E-state index contributed by atoms with van der Waals surface area (Å²) in [5.41, 5.74) is -1.98. The van der Waals surface area contributed by atoms with Crippen LogP contribution in [0.2, 0.25) is 10.2 Å². The molecule has 0 bridgehead atoms. The van der Waals surface area contributed by atoms with Gasteiger partial charge in [-0.25, -0.2) is 9.37 Å². The lowest BCUT2D eigenvalue weighted by Gasteiger charge is -2.09. The Hall–Kier alpha value is -1.66. The number of ketones is 1. The molecule has 0 atom stereocenters. The van der Waals surface area contributed by atoms with Crippen molar-refractivity contribution in [2.45, 2.75) is 6.18 Å². The maximum absolute atomic E-state index is 13.7. The monoisotopic (exact) mass is 337 g/mol. The molecule has 21 heavy (non-hydrogen) atoms. The fraction of sp³-hybridized carbons (Fsp3) is 0.0769. The second kappa shape index (κ2) is 5.61. The molecule has 0 unspecified atom stereocenters. The quantitative estimate of drug-likeness (QED) is 0.448. The van der Waals surface area contributed by atoms with Crippen LogP contribution in [0.25, 0.3) is 0 Å². The predicted molar refractivity (Wildman–Crippen MR) is 69.1 cm³/mol. The van der Waals surface area contributed by atoms with Crippen molar-refractivity contribution in [1.29, 1.82) is 0 Å². The number of carbonyl (C=O) groups is 1. The number of rotatable bonds is 2. The number of nitrogens with zero attached hydrogens (tertiary/aromatic N) is 1. The molecule has 0 spiro atoms. The predicted octanol–water partition coefficient (Wildman–Crippen LogP) is 4.78. The van der Waals surface area contributed by atoms with E-state index in [-0.39, 0.29) is 10.6 Å². The second-order valence-electron chi connectivity index (χ2n) is 3.96. The van der Waals surface area contributed by atoms with Gasteiger partial charge >= 0.3 is 6.18 Å². The van der Waals surface area contributed by atoms with E-state index in [1.807, 2.05) is 0 Å². The first-order chi connectivity index (χ1) is 9.71. The van der Waals surface area contributed by atoms with Crippen LogP contribution in [0.1, 0.15) is 21.6 Å². The lowest BCUT2D eigenvalue weighted by Crippen LogP contribution is -2.11. The fourth-order valence-corrected chi connectivity index (χ4v) is 2.00. The van der Waals surface area contributed by atoms with Crippen molar-refractivity contribution in [2.75, 3.05) is 0 Å². The summed E-state index contributed by atoms with van der Waals surface area (Å²) in [4.78, 5) is 15.2. The second-order valence-corrected chi connectivity index (χ2v) is 4.73. The minimum atomic E-state index is -4.69. The van der Waals surface area contributed by atoms with Gasteiger partial charge in [-0.15, -0.1) is 0 Å². The van der Waals surface area contributed by atoms with Crippen molar-refractivity contribution in [1.82, 2.24) is 4.98 Å². The largest absolute Gasteiger partial charge is 0.433 e. The minimum Gasteiger partial charge on any atom is -0.288 e. The first-order valence-electron chi connectivity index (χ1n) is 5.44. The van der Waals surface area contributed by atoms with Crippen LogP contribution >= 0.6 is 23.2 Å². The third kappa shape index (κ3) is 3.16. The van der Waals surface area contributed by atoms with E-state index in [1.165, 1.54) is 12.1 Å². The van der Waals surface area contributed by atoms with Crippen LogP contribution in [0.15, 0.2) is 30.3 Å². The summed E-state index contributed by atoms with van der Waals surface area (Å²) in [6.45, 7) is 0. The number of hydrogen-bond acceptors (Lipinski definition) is 2. The minimum absolute atomic E-state index is 0.281. The maximum Gasteiger partial charge on any atom is 0.433 e. The van der Waals surface area contributed by atoms with Gasteiger partial charge in [0.25, 0.3) is 0 Å². The Bertz CT molecular complexity index is 716. The van der Waals surface area contributed by atoms with Crippen LogP contribution < -0.4 is 0 Å². The molecule has 0 aliphatic rings. The van der Waals surface area contributed by atoms with E-state index >= 15 is 0 Å². The number of halogens is 6. The van der Waals surface area contributed by atoms with Crippen LogP contribution in [-0.4, -0.2) is 10.8 Å². The molecular weight excluding hydrogens is 333 g/mol. The van der Waals surface area contributed by atoms with Crippen molar-refractivity contribution in [3.8, 4) is 0 Å². The molecule has 0 radical (unpaired) electrons. The van der Waals surface area contributed by atoms with Crippen molar-refractivity contribution < 1.29 is 22.4 Å². The van der Waals surface area contributed by atoms with Gasteiger partial charge in [0, 0.05) is 0 Å². The Labute approximate surface area is 126 Å². The van der Waals surface area contributed by atoms with E-state index in [1.54, 1.807) is 0 Å². The van der Waals surface area contributed by atoms with Gasteiger partial charge in [-0.1, -0.05) is 29.3 Å². The molecule has 1 heterocycles. The van der Waals surface area contributed by atoms with Crippen LogP contribution in [0.4, 0.5) is 17.6 Å². The molecule has 0 aliphatic heterocycles. The molecule has 2 aromatic rings. The topological polar surface area (TPSA) is 30.0 Å². The standard InChI is InChI=1S/C13H5Cl2F4NO/c14-8-3-1-2-6(10(8)16)11(21)7-4-5-9(13(17,18)19)20-12(7)15/h1-5H. The van der Waals surface area contributed by atoms with Gasteiger partial charge in [0.05, 0.1) is 16.1 Å². The van der Waals surface area contributed by atoms with Crippen LogP contribution in [0, 0.1) is 5.82 Å². The number of benzene rings is 1. The molecule has 2 nitrogen and oxygen atoms in total. The van der Waals surface area contributed by atoms with E-state index in [4.69, 9.17) is 23.2 Å². The first-order valence-corrected chi connectivity index (χ1v) is 6.20. The molecule has 0 amide bonds. The molecule has 0 aliphatic carbocycles. The Balaban J connectivity index is 2.48. The van der Waals surface area contributed by atoms with E-state index < -0.39 is 34.2 Å². The summed E-state index contributed by atoms with van der Waals surface area (Å²) in [6.07, 6.45) is -4.69. The zero-order valence-electron chi connectivity index (χ0n) is 10.0. The summed E-state index contributed by atoms with van der Waals surface area (Å²) < 4.78 is 51.1. The molecule has 0 saturated carbocycles. The average molecular weight is 338 g/mol. The number of carbonyl (C=O) groups excluding carboxylic acids is 1. The number of alkyl halides is 3. The number of hydrogen-bond donors (Lipinski definition) is 0. The van der Waals surface area contributed by atoms with Gasteiger partial charge in [-0.3, -0.25) is 4.79 Å². The Morgan fingerprint density at radius 1 is 1.05 bits per heavy atom.